The molecule has 3 heterocycles. The third-order valence-electron chi connectivity index (χ3n) is 4.61. The summed E-state index contributed by atoms with van der Waals surface area (Å²) in [7, 11) is 3.34. The first kappa shape index (κ1) is 27.1. The van der Waals surface area contributed by atoms with Gasteiger partial charge < -0.3 is 9.47 Å². The van der Waals surface area contributed by atoms with E-state index in [-0.39, 0.29) is 6.61 Å². The molecule has 0 bridgehead atoms. The minimum atomic E-state index is 0.201. The molecule has 3 rings (SSSR count). The van der Waals surface area contributed by atoms with Crippen molar-refractivity contribution in [2.24, 2.45) is 12.0 Å². The van der Waals surface area contributed by atoms with Crippen LogP contribution in [-0.4, -0.2) is 37.8 Å². The highest BCUT2D eigenvalue weighted by molar-refractivity contribution is 6.30. The van der Waals surface area contributed by atoms with Crippen LogP contribution in [0, 0.1) is 6.57 Å². The zero-order chi connectivity index (χ0) is 25.8. The van der Waals surface area contributed by atoms with E-state index in [1.807, 2.05) is 19.9 Å². The van der Waals surface area contributed by atoms with E-state index in [1.165, 1.54) is 24.5 Å². The first-order valence-corrected chi connectivity index (χ1v) is 11.1. The van der Waals surface area contributed by atoms with E-state index in [0.29, 0.717) is 34.6 Å². The molecule has 3 aromatic heterocycles. The minimum Gasteiger partial charge on any atom is -0.480 e. The molecule has 3 aromatic rings. The lowest BCUT2D eigenvalue weighted by atomic mass is 10.1. The number of pyridine rings is 2. The summed E-state index contributed by atoms with van der Waals surface area (Å²) in [6.45, 7) is 17.7. The fourth-order valence-electron chi connectivity index (χ4n) is 2.88. The molecule has 0 unspecified atom stereocenters. The summed E-state index contributed by atoms with van der Waals surface area (Å²) in [5.41, 5.74) is 3.46. The van der Waals surface area contributed by atoms with Crippen LogP contribution in [0.5, 0.6) is 5.88 Å². The first-order chi connectivity index (χ1) is 16.9. The lowest BCUT2D eigenvalue weighted by Gasteiger charge is -2.10. The normalized spacial score (nSPS) is 10.5. The predicted octanol–water partition coefficient (Wildman–Crippen LogP) is 5.36. The summed E-state index contributed by atoms with van der Waals surface area (Å²) in [5, 5.41) is 6.34. The highest BCUT2D eigenvalue weighted by atomic mass is 35.5. The SMILES string of the molecule is C#[N+]N(C=C)Cc1cncc(C(=C)N=C(OC)c2cnn(C)c2COc2ccc(Cl)cn2)c1.CC. The van der Waals surface area contributed by atoms with Crippen molar-refractivity contribution in [2.45, 2.75) is 27.0 Å². The lowest BCUT2D eigenvalue weighted by molar-refractivity contribution is 0.282. The molecule has 0 N–H and O–H groups in total. The van der Waals surface area contributed by atoms with Gasteiger partial charge in [0, 0.05) is 37.3 Å². The topological polar surface area (TPSA) is 82.0 Å². The molecule has 0 aromatic carbocycles. The van der Waals surface area contributed by atoms with Crippen LogP contribution in [0.2, 0.25) is 5.02 Å². The number of methoxy groups -OCH3 is 1. The second-order valence-electron chi connectivity index (χ2n) is 6.78. The van der Waals surface area contributed by atoms with Gasteiger partial charge in [0.05, 0.1) is 46.4 Å². The van der Waals surface area contributed by atoms with Crippen LogP contribution in [-0.2, 0) is 24.9 Å². The van der Waals surface area contributed by atoms with Crippen LogP contribution in [0.3, 0.4) is 0 Å². The van der Waals surface area contributed by atoms with Gasteiger partial charge in [-0.05, 0) is 22.7 Å². The molecular weight excluding hydrogens is 466 g/mol. The van der Waals surface area contributed by atoms with Gasteiger partial charge in [-0.1, -0.05) is 38.6 Å². The first-order valence-electron chi connectivity index (χ1n) is 10.8. The molecule has 35 heavy (non-hydrogen) atoms. The molecule has 0 radical (unpaired) electrons. The molecule has 0 aliphatic carbocycles. The summed E-state index contributed by atoms with van der Waals surface area (Å²) in [5.74, 6) is 0.776. The van der Waals surface area contributed by atoms with Gasteiger partial charge in [-0.15, -0.1) is 0 Å². The van der Waals surface area contributed by atoms with Crippen molar-refractivity contribution >= 4 is 23.2 Å². The standard InChI is InChI=1S/C23H23ClN7O2.C2H6/c1-6-31(25-3)14-17-9-18(11-26-10-17)16(2)29-23(32-5)20-13-28-30(4)21(20)15-33-22-8-7-19(24)12-27-22;1-2/h3,6-13H,1-2,14-15H2,4-5H3;1-2H3/q+1;. The van der Waals surface area contributed by atoms with E-state index in [1.54, 1.807) is 42.5 Å². The van der Waals surface area contributed by atoms with Crippen LogP contribution >= 0.6 is 11.6 Å². The van der Waals surface area contributed by atoms with Crippen LogP contribution in [0.15, 0.2) is 67.3 Å². The smallest absolute Gasteiger partial charge is 0.305 e. The molecule has 182 valence electrons. The van der Waals surface area contributed by atoms with Gasteiger partial charge in [0.25, 0.3) is 0 Å². The Bertz CT molecular complexity index is 1210. The van der Waals surface area contributed by atoms with Crippen molar-refractivity contribution in [3.63, 3.8) is 0 Å². The maximum Gasteiger partial charge on any atom is 0.305 e. The van der Waals surface area contributed by atoms with Gasteiger partial charge in [0.1, 0.15) is 13.2 Å². The van der Waals surface area contributed by atoms with Crippen molar-refractivity contribution in [1.82, 2.24) is 24.8 Å². The van der Waals surface area contributed by atoms with Crippen molar-refractivity contribution in [3.05, 3.63) is 94.7 Å². The summed E-state index contributed by atoms with van der Waals surface area (Å²) in [6, 6.07) is 5.29. The molecule has 0 aliphatic rings. The van der Waals surface area contributed by atoms with E-state index in [4.69, 9.17) is 27.6 Å². The quantitative estimate of drug-likeness (QED) is 0.226. The number of halogens is 1. The highest BCUT2D eigenvalue weighted by Crippen LogP contribution is 2.20. The van der Waals surface area contributed by atoms with Gasteiger partial charge in [-0.2, -0.15) is 5.10 Å². The summed E-state index contributed by atoms with van der Waals surface area (Å²) >= 11 is 5.88. The zero-order valence-corrected chi connectivity index (χ0v) is 21.1. The second-order valence-corrected chi connectivity index (χ2v) is 7.21. The minimum absolute atomic E-state index is 0.201. The zero-order valence-electron chi connectivity index (χ0n) is 20.3. The number of hydrogen-bond donors (Lipinski definition) is 0. The Morgan fingerprint density at radius 3 is 2.69 bits per heavy atom. The molecule has 0 amide bonds. The van der Waals surface area contributed by atoms with E-state index in [0.717, 1.165) is 16.8 Å². The maximum absolute atomic E-state index is 5.88. The number of nitrogens with zero attached hydrogens (tertiary/aromatic N) is 7. The van der Waals surface area contributed by atoms with E-state index < -0.39 is 0 Å². The third-order valence-corrected chi connectivity index (χ3v) is 4.83. The Hall–Kier alpha value is -4.16. The van der Waals surface area contributed by atoms with Crippen molar-refractivity contribution in [3.8, 4) is 12.5 Å². The van der Waals surface area contributed by atoms with Crippen LogP contribution in [0.4, 0.5) is 0 Å². The molecule has 10 heteroatoms. The number of hydrogen-bond acceptors (Lipinski definition) is 7. The Morgan fingerprint density at radius 1 is 1.29 bits per heavy atom. The largest absolute Gasteiger partial charge is 0.480 e. The van der Waals surface area contributed by atoms with Crippen molar-refractivity contribution < 1.29 is 9.47 Å². The average Bonchev–Trinajstić information content (AvgIpc) is 3.26. The molecule has 0 spiro atoms. The Balaban J connectivity index is 0.00000210. The number of aliphatic imine (C=N–C) groups is 1. The van der Waals surface area contributed by atoms with Crippen LogP contribution in [0.25, 0.3) is 10.7 Å². The van der Waals surface area contributed by atoms with Gasteiger partial charge in [0.2, 0.25) is 11.8 Å². The van der Waals surface area contributed by atoms with Crippen molar-refractivity contribution in [1.29, 1.82) is 0 Å². The number of aryl methyl sites for hydroxylation is 1. The summed E-state index contributed by atoms with van der Waals surface area (Å²) in [6.07, 6.45) is 8.07. The third kappa shape index (κ3) is 7.42. The van der Waals surface area contributed by atoms with Gasteiger partial charge in [0.15, 0.2) is 0 Å². The number of rotatable bonds is 9. The summed E-state index contributed by atoms with van der Waals surface area (Å²) in [4.78, 5) is 16.6. The fraction of sp³-hybridized carbons (Fsp3) is 0.240. The van der Waals surface area contributed by atoms with Gasteiger partial charge in [-0.3, -0.25) is 9.67 Å². The number of ether oxygens (including phenoxy) is 2. The molecular formula is C25H29ClN7O2+. The monoisotopic (exact) mass is 494 g/mol. The Kier molecular flexibility index (Phi) is 10.5. The molecule has 0 saturated carbocycles. The molecule has 0 fully saturated rings. The van der Waals surface area contributed by atoms with Gasteiger partial charge in [-0.25, -0.2) is 9.98 Å². The summed E-state index contributed by atoms with van der Waals surface area (Å²) < 4.78 is 13.0. The number of aromatic nitrogens is 4. The van der Waals surface area contributed by atoms with E-state index in [9.17, 15) is 0 Å². The molecule has 0 atom stereocenters. The molecule has 0 saturated heterocycles. The average molecular weight is 495 g/mol. The Morgan fingerprint density at radius 2 is 2.06 bits per heavy atom. The highest BCUT2D eigenvalue weighted by Gasteiger charge is 2.17. The maximum atomic E-state index is 5.88. The predicted molar refractivity (Wildman–Crippen MR) is 139 cm³/mol. The van der Waals surface area contributed by atoms with Crippen LogP contribution < -0.4 is 4.74 Å². The van der Waals surface area contributed by atoms with Crippen molar-refractivity contribution in [2.75, 3.05) is 7.11 Å². The van der Waals surface area contributed by atoms with Crippen LogP contribution in [0.1, 0.15) is 36.2 Å². The second kappa shape index (κ2) is 13.5. The molecule has 9 nitrogen and oxygen atoms in total. The fourth-order valence-corrected chi connectivity index (χ4v) is 2.99. The van der Waals surface area contributed by atoms with E-state index in [2.05, 4.69) is 38.2 Å². The van der Waals surface area contributed by atoms with E-state index >= 15 is 0 Å². The Labute approximate surface area is 210 Å². The lowest BCUT2D eigenvalue weighted by Crippen LogP contribution is -2.11. The molecule has 0 aliphatic heterocycles. The van der Waals surface area contributed by atoms with Gasteiger partial charge >= 0.3 is 6.57 Å².